The highest BCUT2D eigenvalue weighted by Gasteiger charge is 2.18. The predicted octanol–water partition coefficient (Wildman–Crippen LogP) is 2.80. The fraction of sp³-hybridized carbons (Fsp3) is 0.143. The van der Waals surface area contributed by atoms with Gasteiger partial charge < -0.3 is 10.1 Å². The first-order valence-electron chi connectivity index (χ1n) is 8.83. The SMILES string of the molecule is O=C1CCc2cc(C(=O)COC(=O)c3ccc(-n4cccn4)cc3)ccc2N1. The molecule has 2 aromatic carbocycles. The molecule has 0 atom stereocenters. The van der Waals surface area contributed by atoms with Gasteiger partial charge in [0.15, 0.2) is 12.4 Å². The van der Waals surface area contributed by atoms with Crippen LogP contribution in [0.15, 0.2) is 60.9 Å². The van der Waals surface area contributed by atoms with Gasteiger partial charge in [-0.25, -0.2) is 9.48 Å². The zero-order valence-electron chi connectivity index (χ0n) is 14.9. The van der Waals surface area contributed by atoms with Crippen molar-refractivity contribution in [2.24, 2.45) is 0 Å². The highest BCUT2D eigenvalue weighted by Crippen LogP contribution is 2.23. The lowest BCUT2D eigenvalue weighted by Gasteiger charge is -2.17. The van der Waals surface area contributed by atoms with E-state index in [1.807, 2.05) is 6.07 Å². The molecule has 1 aliphatic rings. The zero-order chi connectivity index (χ0) is 19.5. The molecular formula is C21H17N3O4. The summed E-state index contributed by atoms with van der Waals surface area (Å²) in [5.41, 5.74) is 3.26. The van der Waals surface area contributed by atoms with Crippen molar-refractivity contribution in [3.8, 4) is 5.69 Å². The first-order valence-corrected chi connectivity index (χ1v) is 8.83. The van der Waals surface area contributed by atoms with Crippen LogP contribution in [0.25, 0.3) is 5.69 Å². The van der Waals surface area contributed by atoms with Gasteiger partial charge in [-0.05, 0) is 60.5 Å². The van der Waals surface area contributed by atoms with E-state index in [0.717, 1.165) is 16.9 Å². The van der Waals surface area contributed by atoms with Gasteiger partial charge in [-0.2, -0.15) is 5.10 Å². The number of carbonyl (C=O) groups is 3. The lowest BCUT2D eigenvalue weighted by atomic mass is 9.99. The number of aryl methyl sites for hydroxylation is 1. The molecule has 4 rings (SSSR count). The second kappa shape index (κ2) is 7.48. The summed E-state index contributed by atoms with van der Waals surface area (Å²) >= 11 is 0. The van der Waals surface area contributed by atoms with Crippen molar-refractivity contribution in [1.82, 2.24) is 9.78 Å². The molecule has 28 heavy (non-hydrogen) atoms. The molecular weight excluding hydrogens is 358 g/mol. The van der Waals surface area contributed by atoms with Crippen molar-refractivity contribution in [2.75, 3.05) is 11.9 Å². The Morgan fingerprint density at radius 1 is 1.07 bits per heavy atom. The summed E-state index contributed by atoms with van der Waals surface area (Å²) in [5.74, 6) is -0.883. The molecule has 0 bridgehead atoms. The van der Waals surface area contributed by atoms with Gasteiger partial charge in [0.1, 0.15) is 0 Å². The number of nitrogens with zero attached hydrogens (tertiary/aromatic N) is 2. The molecule has 0 saturated carbocycles. The Morgan fingerprint density at radius 2 is 1.86 bits per heavy atom. The van der Waals surface area contributed by atoms with Crippen molar-refractivity contribution in [3.63, 3.8) is 0 Å². The molecule has 0 unspecified atom stereocenters. The number of amides is 1. The van der Waals surface area contributed by atoms with Gasteiger partial charge in [0, 0.05) is 30.1 Å². The van der Waals surface area contributed by atoms with E-state index in [4.69, 9.17) is 4.74 Å². The topological polar surface area (TPSA) is 90.3 Å². The van der Waals surface area contributed by atoms with Crippen LogP contribution in [0.5, 0.6) is 0 Å². The molecule has 0 aliphatic carbocycles. The molecule has 1 aliphatic heterocycles. The second-order valence-electron chi connectivity index (χ2n) is 6.42. The summed E-state index contributed by atoms with van der Waals surface area (Å²) in [6.07, 6.45) is 4.46. The number of esters is 1. The largest absolute Gasteiger partial charge is 0.454 e. The van der Waals surface area contributed by atoms with Crippen molar-refractivity contribution < 1.29 is 19.1 Å². The average molecular weight is 375 g/mol. The summed E-state index contributed by atoms with van der Waals surface area (Å²) < 4.78 is 6.83. The Bertz CT molecular complexity index is 1040. The summed E-state index contributed by atoms with van der Waals surface area (Å²) in [6, 6.07) is 13.6. The number of carbonyl (C=O) groups excluding carboxylic acids is 3. The molecule has 0 spiro atoms. The fourth-order valence-corrected chi connectivity index (χ4v) is 3.03. The molecule has 140 valence electrons. The first-order chi connectivity index (χ1) is 13.6. The number of nitrogens with one attached hydrogen (secondary N) is 1. The molecule has 1 N–H and O–H groups in total. The number of anilines is 1. The van der Waals surface area contributed by atoms with Crippen LogP contribution < -0.4 is 5.32 Å². The smallest absolute Gasteiger partial charge is 0.338 e. The van der Waals surface area contributed by atoms with Crippen LogP contribution in [-0.2, 0) is 16.0 Å². The first kappa shape index (κ1) is 17.7. The number of fused-ring (bicyclic) bond motifs is 1. The maximum absolute atomic E-state index is 12.4. The lowest BCUT2D eigenvalue weighted by Crippen LogP contribution is -2.20. The lowest BCUT2D eigenvalue weighted by molar-refractivity contribution is -0.116. The third-order valence-electron chi connectivity index (χ3n) is 4.53. The van der Waals surface area contributed by atoms with E-state index in [9.17, 15) is 14.4 Å². The van der Waals surface area contributed by atoms with Crippen LogP contribution in [0.3, 0.4) is 0 Å². The van der Waals surface area contributed by atoms with Gasteiger partial charge in [0.05, 0.1) is 11.3 Å². The maximum atomic E-state index is 12.4. The number of hydrogen-bond acceptors (Lipinski definition) is 5. The van der Waals surface area contributed by atoms with Crippen LogP contribution in [0.2, 0.25) is 0 Å². The van der Waals surface area contributed by atoms with E-state index in [0.29, 0.717) is 24.0 Å². The minimum Gasteiger partial charge on any atom is -0.454 e. The quantitative estimate of drug-likeness (QED) is 0.547. The van der Waals surface area contributed by atoms with E-state index in [1.165, 1.54) is 0 Å². The molecule has 0 radical (unpaired) electrons. The number of ether oxygens (including phenoxy) is 1. The van der Waals surface area contributed by atoms with Gasteiger partial charge in [0.25, 0.3) is 0 Å². The molecule has 1 amide bonds. The number of ketones is 1. The second-order valence-corrected chi connectivity index (χ2v) is 6.42. The van der Waals surface area contributed by atoms with Crippen LogP contribution in [0.4, 0.5) is 5.69 Å². The van der Waals surface area contributed by atoms with Gasteiger partial charge in [-0.15, -0.1) is 0 Å². The predicted molar refractivity (Wildman–Crippen MR) is 102 cm³/mol. The monoisotopic (exact) mass is 375 g/mol. The fourth-order valence-electron chi connectivity index (χ4n) is 3.03. The molecule has 1 aromatic heterocycles. The third kappa shape index (κ3) is 3.68. The minimum absolute atomic E-state index is 0.0286. The zero-order valence-corrected chi connectivity index (χ0v) is 14.9. The Hall–Kier alpha value is -3.74. The van der Waals surface area contributed by atoms with Gasteiger partial charge in [-0.3, -0.25) is 9.59 Å². The number of benzene rings is 2. The van der Waals surface area contributed by atoms with E-state index in [2.05, 4.69) is 10.4 Å². The van der Waals surface area contributed by atoms with Crippen LogP contribution >= 0.6 is 0 Å². The van der Waals surface area contributed by atoms with Gasteiger partial charge in [0.2, 0.25) is 5.91 Å². The normalized spacial score (nSPS) is 12.8. The van der Waals surface area contributed by atoms with Gasteiger partial charge >= 0.3 is 5.97 Å². The number of rotatable bonds is 5. The van der Waals surface area contributed by atoms with Gasteiger partial charge in [-0.1, -0.05) is 0 Å². The number of hydrogen-bond donors (Lipinski definition) is 1. The van der Waals surface area contributed by atoms with Crippen molar-refractivity contribution >= 4 is 23.3 Å². The molecule has 2 heterocycles. The molecule has 7 nitrogen and oxygen atoms in total. The molecule has 0 fully saturated rings. The summed E-state index contributed by atoms with van der Waals surface area (Å²) in [5, 5.41) is 6.89. The standard InChI is InChI=1S/C21H17N3O4/c25-19(16-4-8-18-15(12-16)5-9-20(26)23-18)13-28-21(27)14-2-6-17(7-3-14)24-11-1-10-22-24/h1-4,6-8,10-12H,5,9,13H2,(H,23,26). The number of Topliss-reactive ketones (excluding diaryl/α,β-unsaturated/α-hetero) is 1. The van der Waals surface area contributed by atoms with E-state index in [-0.39, 0.29) is 18.3 Å². The molecule has 7 heteroatoms. The third-order valence-corrected chi connectivity index (χ3v) is 4.53. The molecule has 3 aromatic rings. The highest BCUT2D eigenvalue weighted by atomic mass is 16.5. The Balaban J connectivity index is 1.38. The number of aromatic nitrogens is 2. The van der Waals surface area contributed by atoms with Crippen LogP contribution in [0.1, 0.15) is 32.7 Å². The maximum Gasteiger partial charge on any atom is 0.338 e. The molecule has 0 saturated heterocycles. The van der Waals surface area contributed by atoms with E-state index >= 15 is 0 Å². The van der Waals surface area contributed by atoms with E-state index in [1.54, 1.807) is 59.5 Å². The van der Waals surface area contributed by atoms with Crippen molar-refractivity contribution in [1.29, 1.82) is 0 Å². The Morgan fingerprint density at radius 3 is 2.61 bits per heavy atom. The average Bonchev–Trinajstić information content (AvgIpc) is 3.26. The van der Waals surface area contributed by atoms with Crippen molar-refractivity contribution in [2.45, 2.75) is 12.8 Å². The van der Waals surface area contributed by atoms with Crippen LogP contribution in [-0.4, -0.2) is 34.0 Å². The Labute approximate surface area is 160 Å². The van der Waals surface area contributed by atoms with Crippen LogP contribution in [0, 0.1) is 0 Å². The van der Waals surface area contributed by atoms with Crippen molar-refractivity contribution in [3.05, 3.63) is 77.6 Å². The van der Waals surface area contributed by atoms with E-state index < -0.39 is 5.97 Å². The minimum atomic E-state index is -0.564. The summed E-state index contributed by atoms with van der Waals surface area (Å²) in [7, 11) is 0. The summed E-state index contributed by atoms with van der Waals surface area (Å²) in [4.78, 5) is 36.0. The Kier molecular flexibility index (Phi) is 4.72. The summed E-state index contributed by atoms with van der Waals surface area (Å²) in [6.45, 7) is -0.342. The highest BCUT2D eigenvalue weighted by molar-refractivity contribution is 6.01.